The number of ether oxygens (including phenoxy) is 2. The highest BCUT2D eigenvalue weighted by Gasteiger charge is 2.49. The Labute approximate surface area is 167 Å². The minimum Gasteiger partial charge on any atom is -0.504 e. The molecule has 4 atom stereocenters. The van der Waals surface area contributed by atoms with Gasteiger partial charge in [-0.05, 0) is 74.1 Å². The van der Waals surface area contributed by atoms with Gasteiger partial charge >= 0.3 is 5.97 Å². The lowest BCUT2D eigenvalue weighted by Gasteiger charge is -2.45. The molecule has 5 heteroatoms. The van der Waals surface area contributed by atoms with Crippen LogP contribution >= 0.6 is 0 Å². The number of aromatic hydroxyl groups is 1. The summed E-state index contributed by atoms with van der Waals surface area (Å²) >= 11 is 0. The second-order valence-corrected chi connectivity index (χ2v) is 9.26. The molecule has 2 aliphatic carbocycles. The molecule has 0 aromatic heterocycles. The summed E-state index contributed by atoms with van der Waals surface area (Å²) in [5.74, 6) is 0.0582. The standard InChI is InChI=1S/C23H32O5/c1-14-11-16-17(23(4,26)10-6-9-22(16,2)3)13-19(14)28-21(25)15-7-8-18(24)20(12-15)27-5/h7-8,11-12,16-17,19,24,26H,6,9-10,13H2,1-5H3/t16-,17+,19+,23-/m0/s1. The van der Waals surface area contributed by atoms with Gasteiger partial charge in [-0.1, -0.05) is 26.3 Å². The topological polar surface area (TPSA) is 76.0 Å². The van der Waals surface area contributed by atoms with Crippen LogP contribution in [0.1, 0.15) is 63.7 Å². The summed E-state index contributed by atoms with van der Waals surface area (Å²) in [6, 6.07) is 4.43. The van der Waals surface area contributed by atoms with Crippen LogP contribution in [0.3, 0.4) is 0 Å². The fourth-order valence-corrected chi connectivity index (χ4v) is 4.88. The number of methoxy groups -OCH3 is 1. The van der Waals surface area contributed by atoms with E-state index in [1.807, 2.05) is 13.8 Å². The van der Waals surface area contributed by atoms with E-state index in [1.54, 1.807) is 0 Å². The highest BCUT2D eigenvalue weighted by molar-refractivity contribution is 5.90. The highest BCUT2D eigenvalue weighted by Crippen LogP contribution is 2.51. The van der Waals surface area contributed by atoms with Crippen LogP contribution in [0.2, 0.25) is 0 Å². The van der Waals surface area contributed by atoms with Crippen LogP contribution in [0.15, 0.2) is 29.8 Å². The van der Waals surface area contributed by atoms with Crippen LogP contribution in [0.4, 0.5) is 0 Å². The number of hydrogen-bond donors (Lipinski definition) is 2. The highest BCUT2D eigenvalue weighted by atomic mass is 16.5. The average molecular weight is 389 g/mol. The van der Waals surface area contributed by atoms with Gasteiger partial charge in [0.25, 0.3) is 0 Å². The molecule has 1 saturated carbocycles. The summed E-state index contributed by atoms with van der Waals surface area (Å²) < 4.78 is 10.9. The molecule has 0 unspecified atom stereocenters. The molecule has 2 aliphatic rings. The second kappa shape index (κ2) is 7.43. The molecular formula is C23H32O5. The summed E-state index contributed by atoms with van der Waals surface area (Å²) in [4.78, 5) is 12.7. The van der Waals surface area contributed by atoms with Crippen LogP contribution in [-0.4, -0.2) is 35.0 Å². The molecule has 0 saturated heterocycles. The number of phenols is 1. The van der Waals surface area contributed by atoms with Gasteiger partial charge in [0.05, 0.1) is 18.3 Å². The zero-order valence-electron chi connectivity index (χ0n) is 17.5. The Hall–Kier alpha value is -2.01. The predicted molar refractivity (Wildman–Crippen MR) is 107 cm³/mol. The predicted octanol–water partition coefficient (Wildman–Crippen LogP) is 4.47. The van der Waals surface area contributed by atoms with Crippen molar-refractivity contribution < 1.29 is 24.5 Å². The zero-order chi connectivity index (χ0) is 20.7. The van der Waals surface area contributed by atoms with Crippen molar-refractivity contribution in [1.82, 2.24) is 0 Å². The molecule has 2 N–H and O–H groups in total. The third-order valence-corrected chi connectivity index (χ3v) is 6.72. The third kappa shape index (κ3) is 3.90. The number of hydrogen-bond acceptors (Lipinski definition) is 5. The molecule has 0 radical (unpaired) electrons. The van der Waals surface area contributed by atoms with Gasteiger partial charge in [0.2, 0.25) is 0 Å². The molecule has 0 heterocycles. The Morgan fingerprint density at radius 1 is 1.21 bits per heavy atom. The molecule has 0 spiro atoms. The van der Waals surface area contributed by atoms with Crippen molar-refractivity contribution in [2.75, 3.05) is 7.11 Å². The number of rotatable bonds is 3. The minimum absolute atomic E-state index is 0.0210. The number of esters is 1. The Morgan fingerprint density at radius 3 is 2.61 bits per heavy atom. The summed E-state index contributed by atoms with van der Waals surface area (Å²) in [5.41, 5.74) is 0.692. The lowest BCUT2D eigenvalue weighted by molar-refractivity contribution is -0.0579. The van der Waals surface area contributed by atoms with Crippen LogP contribution in [-0.2, 0) is 4.74 Å². The van der Waals surface area contributed by atoms with E-state index < -0.39 is 11.6 Å². The molecular weight excluding hydrogens is 356 g/mol. The largest absolute Gasteiger partial charge is 0.504 e. The smallest absolute Gasteiger partial charge is 0.338 e. The molecule has 154 valence electrons. The normalized spacial score (nSPS) is 31.9. The third-order valence-electron chi connectivity index (χ3n) is 6.72. The van der Waals surface area contributed by atoms with Crippen molar-refractivity contribution in [3.05, 3.63) is 35.4 Å². The maximum Gasteiger partial charge on any atom is 0.338 e. The van der Waals surface area contributed by atoms with Crippen molar-refractivity contribution in [1.29, 1.82) is 0 Å². The molecule has 28 heavy (non-hydrogen) atoms. The van der Waals surface area contributed by atoms with Crippen LogP contribution in [0.25, 0.3) is 0 Å². The zero-order valence-corrected chi connectivity index (χ0v) is 17.5. The second-order valence-electron chi connectivity index (χ2n) is 9.26. The van der Waals surface area contributed by atoms with Gasteiger partial charge in [0.1, 0.15) is 6.10 Å². The minimum atomic E-state index is -0.776. The van der Waals surface area contributed by atoms with E-state index in [4.69, 9.17) is 9.47 Å². The monoisotopic (exact) mass is 388 g/mol. The number of benzene rings is 1. The molecule has 0 aliphatic heterocycles. The number of carbonyl (C=O) groups is 1. The van der Waals surface area contributed by atoms with Gasteiger partial charge in [-0.25, -0.2) is 4.79 Å². The van der Waals surface area contributed by atoms with E-state index in [0.29, 0.717) is 12.0 Å². The number of carbonyl (C=O) groups excluding carboxylic acids is 1. The van der Waals surface area contributed by atoms with Crippen molar-refractivity contribution in [3.63, 3.8) is 0 Å². The molecule has 1 fully saturated rings. The van der Waals surface area contributed by atoms with Crippen LogP contribution in [0.5, 0.6) is 11.5 Å². The van der Waals surface area contributed by atoms with Crippen LogP contribution < -0.4 is 4.74 Å². The average Bonchev–Trinajstić information content (AvgIpc) is 2.70. The molecule has 0 bridgehead atoms. The SMILES string of the molecule is COc1cc(C(=O)O[C@@H]2C[C@@H]3[C@H](C=C2C)C(C)(C)CCC[C@]3(C)O)ccc1O. The van der Waals surface area contributed by atoms with Gasteiger partial charge in [-0.3, -0.25) is 0 Å². The summed E-state index contributed by atoms with van der Waals surface area (Å²) in [7, 11) is 1.44. The Bertz CT molecular complexity index is 777. The van der Waals surface area contributed by atoms with Crippen molar-refractivity contribution in [3.8, 4) is 11.5 Å². The fraction of sp³-hybridized carbons (Fsp3) is 0.609. The van der Waals surface area contributed by atoms with Gasteiger partial charge in [0.15, 0.2) is 11.5 Å². The molecule has 1 aromatic carbocycles. The van der Waals surface area contributed by atoms with Gasteiger partial charge < -0.3 is 19.7 Å². The number of aliphatic hydroxyl groups is 1. The summed E-state index contributed by atoms with van der Waals surface area (Å²) in [5, 5.41) is 20.9. The maximum absolute atomic E-state index is 12.7. The molecule has 3 rings (SSSR count). The van der Waals surface area contributed by atoms with E-state index in [0.717, 1.165) is 24.8 Å². The first-order valence-electron chi connectivity index (χ1n) is 10.0. The summed E-state index contributed by atoms with van der Waals surface area (Å²) in [6.45, 7) is 8.46. The summed E-state index contributed by atoms with van der Waals surface area (Å²) in [6.07, 6.45) is 5.30. The number of allylic oxidation sites excluding steroid dienone is 1. The van der Waals surface area contributed by atoms with Crippen molar-refractivity contribution in [2.24, 2.45) is 17.3 Å². The molecule has 1 aromatic rings. The molecule has 0 amide bonds. The Balaban J connectivity index is 1.85. The lowest BCUT2D eigenvalue weighted by atomic mass is 9.62. The van der Waals surface area contributed by atoms with E-state index in [9.17, 15) is 15.0 Å². The first-order chi connectivity index (χ1) is 13.0. The Kier molecular flexibility index (Phi) is 5.50. The van der Waals surface area contributed by atoms with Gasteiger partial charge in [0, 0.05) is 0 Å². The quantitative estimate of drug-likeness (QED) is 0.590. The van der Waals surface area contributed by atoms with E-state index in [2.05, 4.69) is 19.9 Å². The maximum atomic E-state index is 12.7. The number of phenolic OH excluding ortho intramolecular Hbond substituents is 1. The first-order valence-corrected chi connectivity index (χ1v) is 10.0. The van der Waals surface area contributed by atoms with Crippen molar-refractivity contribution >= 4 is 5.97 Å². The Morgan fingerprint density at radius 2 is 1.93 bits per heavy atom. The van der Waals surface area contributed by atoms with E-state index in [-0.39, 0.29) is 34.9 Å². The first kappa shape index (κ1) is 20.7. The molecule has 5 nitrogen and oxygen atoms in total. The van der Waals surface area contributed by atoms with Crippen molar-refractivity contribution in [2.45, 2.75) is 65.1 Å². The van der Waals surface area contributed by atoms with Gasteiger partial charge in [-0.2, -0.15) is 0 Å². The van der Waals surface area contributed by atoms with E-state index >= 15 is 0 Å². The van der Waals surface area contributed by atoms with Gasteiger partial charge in [-0.15, -0.1) is 0 Å². The fourth-order valence-electron chi connectivity index (χ4n) is 4.88. The van der Waals surface area contributed by atoms with E-state index in [1.165, 1.54) is 25.3 Å². The van der Waals surface area contributed by atoms with Crippen LogP contribution in [0, 0.1) is 17.3 Å². The lowest BCUT2D eigenvalue weighted by Crippen LogP contribution is -2.46. The number of fused-ring (bicyclic) bond motifs is 1.